The Balaban J connectivity index is 2.02. The number of benzene rings is 1. The van der Waals surface area contributed by atoms with Gasteiger partial charge in [-0.3, -0.25) is 14.3 Å². The van der Waals surface area contributed by atoms with Gasteiger partial charge in [0.05, 0.1) is 5.03 Å². The molecule has 1 aliphatic rings. The van der Waals surface area contributed by atoms with Crippen LogP contribution < -0.4 is 11.2 Å². The second-order valence-electron chi connectivity index (χ2n) is 6.34. The summed E-state index contributed by atoms with van der Waals surface area (Å²) in [5, 5.41) is 19.3. The minimum Gasteiger partial charge on any atom is -0.368 e. The molecule has 6 nitrogen and oxygen atoms in total. The highest BCUT2D eigenvalue weighted by molar-refractivity contribution is 7.99. The van der Waals surface area contributed by atoms with Crippen LogP contribution in [0.1, 0.15) is 25.3 Å². The van der Waals surface area contributed by atoms with Crippen molar-refractivity contribution in [3.63, 3.8) is 0 Å². The van der Waals surface area contributed by atoms with Gasteiger partial charge in [0.15, 0.2) is 6.29 Å². The zero-order valence-electron chi connectivity index (χ0n) is 14.5. The number of aliphatic hydroxyl groups excluding tert-OH is 1. The van der Waals surface area contributed by atoms with Gasteiger partial charge in [0.25, 0.3) is 5.56 Å². The van der Waals surface area contributed by atoms with Gasteiger partial charge in [-0.1, -0.05) is 48.5 Å². The molecule has 0 spiro atoms. The minimum absolute atomic E-state index is 0.306. The van der Waals surface area contributed by atoms with Crippen LogP contribution in [0.2, 0.25) is 0 Å². The first kappa shape index (κ1) is 18.7. The Morgan fingerprint density at radius 2 is 2.00 bits per heavy atom. The lowest BCUT2D eigenvalue weighted by Gasteiger charge is -2.15. The minimum atomic E-state index is -1.39. The third-order valence-electron chi connectivity index (χ3n) is 4.55. The molecule has 0 radical (unpaired) electrons. The first-order chi connectivity index (χ1) is 12.5. The molecule has 3 N–H and O–H groups in total. The van der Waals surface area contributed by atoms with Crippen molar-refractivity contribution in [3.05, 3.63) is 68.4 Å². The van der Waals surface area contributed by atoms with E-state index in [0.717, 1.165) is 10.5 Å². The van der Waals surface area contributed by atoms with Gasteiger partial charge in [-0.05, 0) is 31.4 Å². The summed E-state index contributed by atoms with van der Waals surface area (Å²) in [7, 11) is 0. The zero-order valence-corrected chi connectivity index (χ0v) is 15.3. The molecule has 1 heterocycles. The molecular formula is C19H22N2O4S. The molecule has 1 aromatic heterocycles. The molecule has 26 heavy (non-hydrogen) atoms. The van der Waals surface area contributed by atoms with Crippen LogP contribution >= 0.6 is 11.8 Å². The fourth-order valence-corrected chi connectivity index (χ4v) is 4.29. The average molecular weight is 374 g/mol. The number of rotatable bonds is 6. The Morgan fingerprint density at radius 1 is 1.27 bits per heavy atom. The number of hydrogen-bond acceptors (Lipinski definition) is 5. The van der Waals surface area contributed by atoms with E-state index in [1.807, 2.05) is 43.3 Å². The Labute approximate surface area is 155 Å². The molecule has 2 aromatic rings. The predicted octanol–water partition coefficient (Wildman–Crippen LogP) is 1.90. The van der Waals surface area contributed by atoms with Crippen molar-refractivity contribution >= 4 is 11.8 Å². The fourth-order valence-electron chi connectivity index (χ4n) is 3.16. The molecule has 1 unspecified atom stereocenters. The molecule has 0 saturated heterocycles. The van der Waals surface area contributed by atoms with Crippen molar-refractivity contribution in [2.45, 2.75) is 48.9 Å². The molecule has 7 heteroatoms. The lowest BCUT2D eigenvalue weighted by atomic mass is 10.1. The van der Waals surface area contributed by atoms with Crippen LogP contribution in [-0.4, -0.2) is 26.1 Å². The van der Waals surface area contributed by atoms with E-state index in [2.05, 4.69) is 4.98 Å². The lowest BCUT2D eigenvalue weighted by molar-refractivity contribution is -0.0696. The van der Waals surface area contributed by atoms with Crippen molar-refractivity contribution in [1.29, 1.82) is 0 Å². The van der Waals surface area contributed by atoms with E-state index in [9.17, 15) is 19.8 Å². The standard InChI is InChI=1S/C19H22N2O4S/c1-2-15-16(22)20-19(25)21(11-12-8-9-13(10-12)18(23)24)17(15)26-14-6-4-3-5-7-14/h3-7,10,13,18,23-24H,2,8-9,11H2,1H3,(H,20,22,25). The predicted molar refractivity (Wildman–Crippen MR) is 100 cm³/mol. The van der Waals surface area contributed by atoms with Gasteiger partial charge in [-0.25, -0.2) is 4.79 Å². The number of nitrogens with zero attached hydrogens (tertiary/aromatic N) is 1. The topological polar surface area (TPSA) is 95.3 Å². The summed E-state index contributed by atoms with van der Waals surface area (Å²) in [4.78, 5) is 28.1. The molecule has 1 aliphatic carbocycles. The van der Waals surface area contributed by atoms with E-state index in [0.29, 0.717) is 36.4 Å². The number of aliphatic hydroxyl groups is 2. The summed E-state index contributed by atoms with van der Waals surface area (Å²) in [6, 6.07) is 9.62. The maximum absolute atomic E-state index is 12.5. The third kappa shape index (κ3) is 4.00. The Morgan fingerprint density at radius 3 is 2.62 bits per heavy atom. The number of hydrogen-bond donors (Lipinski definition) is 3. The van der Waals surface area contributed by atoms with Crippen molar-refractivity contribution in [3.8, 4) is 0 Å². The van der Waals surface area contributed by atoms with Gasteiger partial charge in [-0.2, -0.15) is 0 Å². The van der Waals surface area contributed by atoms with Crippen LogP contribution in [0.5, 0.6) is 0 Å². The van der Waals surface area contributed by atoms with Gasteiger partial charge in [0, 0.05) is 22.9 Å². The zero-order chi connectivity index (χ0) is 18.7. The van der Waals surface area contributed by atoms with Gasteiger partial charge in [-0.15, -0.1) is 0 Å². The number of H-pyrrole nitrogens is 1. The van der Waals surface area contributed by atoms with Gasteiger partial charge < -0.3 is 10.2 Å². The Bertz CT molecular complexity index is 915. The number of aromatic nitrogens is 2. The Hall–Kier alpha value is -2.09. The van der Waals surface area contributed by atoms with Gasteiger partial charge in [0.1, 0.15) is 0 Å². The monoisotopic (exact) mass is 374 g/mol. The summed E-state index contributed by atoms with van der Waals surface area (Å²) >= 11 is 1.40. The summed E-state index contributed by atoms with van der Waals surface area (Å²) < 4.78 is 1.58. The van der Waals surface area contributed by atoms with Crippen molar-refractivity contribution in [2.75, 3.05) is 0 Å². The molecule has 0 bridgehead atoms. The molecule has 0 aliphatic heterocycles. The third-order valence-corrected chi connectivity index (χ3v) is 5.72. The number of allylic oxidation sites excluding steroid dienone is 1. The summed E-state index contributed by atoms with van der Waals surface area (Å²) in [5.41, 5.74) is 0.751. The van der Waals surface area contributed by atoms with Crippen molar-refractivity contribution < 1.29 is 10.2 Å². The van der Waals surface area contributed by atoms with Crippen molar-refractivity contribution in [2.24, 2.45) is 5.92 Å². The first-order valence-corrected chi connectivity index (χ1v) is 9.45. The quantitative estimate of drug-likeness (QED) is 0.408. The van der Waals surface area contributed by atoms with Crippen LogP contribution in [0.4, 0.5) is 0 Å². The van der Waals surface area contributed by atoms with Gasteiger partial charge in [0.2, 0.25) is 0 Å². The van der Waals surface area contributed by atoms with E-state index in [1.165, 1.54) is 11.8 Å². The summed E-state index contributed by atoms with van der Waals surface area (Å²) in [6.45, 7) is 2.22. The largest absolute Gasteiger partial charge is 0.368 e. The van der Waals surface area contributed by atoms with Crippen LogP contribution in [0.3, 0.4) is 0 Å². The van der Waals surface area contributed by atoms with Crippen molar-refractivity contribution in [1.82, 2.24) is 9.55 Å². The first-order valence-electron chi connectivity index (χ1n) is 8.64. The summed E-state index contributed by atoms with van der Waals surface area (Å²) in [6.07, 6.45) is 2.30. The maximum Gasteiger partial charge on any atom is 0.329 e. The van der Waals surface area contributed by atoms with Crippen LogP contribution in [0.15, 0.2) is 61.5 Å². The van der Waals surface area contributed by atoms with E-state index in [-0.39, 0.29) is 11.5 Å². The maximum atomic E-state index is 12.5. The number of aromatic amines is 1. The molecule has 138 valence electrons. The van der Waals surface area contributed by atoms with Gasteiger partial charge >= 0.3 is 5.69 Å². The highest BCUT2D eigenvalue weighted by atomic mass is 32.2. The van der Waals surface area contributed by atoms with Crippen LogP contribution in [0, 0.1) is 5.92 Å². The molecule has 1 aromatic carbocycles. The van der Waals surface area contributed by atoms with Crippen LogP contribution in [-0.2, 0) is 13.0 Å². The average Bonchev–Trinajstić information content (AvgIpc) is 3.08. The molecule has 3 rings (SSSR count). The highest BCUT2D eigenvalue weighted by Crippen LogP contribution is 2.31. The Kier molecular flexibility index (Phi) is 5.80. The lowest BCUT2D eigenvalue weighted by Crippen LogP contribution is -2.34. The summed E-state index contributed by atoms with van der Waals surface area (Å²) in [5.74, 6) is -0.306. The van der Waals surface area contributed by atoms with E-state index in [4.69, 9.17) is 0 Å². The SMILES string of the molecule is CCc1c(Sc2ccccc2)n(CC2=CC(C(O)O)CC2)c(=O)[nH]c1=O. The normalized spacial score (nSPS) is 16.9. The second-order valence-corrected chi connectivity index (χ2v) is 7.40. The van der Waals surface area contributed by atoms with E-state index < -0.39 is 12.0 Å². The fraction of sp³-hybridized carbons (Fsp3) is 0.368. The molecule has 0 amide bonds. The van der Waals surface area contributed by atoms with Crippen LogP contribution in [0.25, 0.3) is 0 Å². The smallest absolute Gasteiger partial charge is 0.329 e. The second kappa shape index (κ2) is 8.07. The number of nitrogens with one attached hydrogen (secondary N) is 1. The molecule has 1 atom stereocenters. The molecule has 0 fully saturated rings. The molecule has 0 saturated carbocycles. The van der Waals surface area contributed by atoms with E-state index >= 15 is 0 Å². The highest BCUT2D eigenvalue weighted by Gasteiger charge is 2.23. The van der Waals surface area contributed by atoms with E-state index in [1.54, 1.807) is 4.57 Å². The molecular weight excluding hydrogens is 352 g/mol.